The van der Waals surface area contributed by atoms with Crippen LogP contribution in [0.15, 0.2) is 54.6 Å². The average Bonchev–Trinajstić information content (AvgIpc) is 2.42. The summed E-state index contributed by atoms with van der Waals surface area (Å²) in [5.41, 5.74) is 1.07. The lowest BCUT2D eigenvalue weighted by Gasteiger charge is -2.18. The second kappa shape index (κ2) is 6.41. The van der Waals surface area contributed by atoms with E-state index >= 15 is 0 Å². The van der Waals surface area contributed by atoms with Gasteiger partial charge >= 0.3 is 0 Å². The lowest BCUT2D eigenvalue weighted by molar-refractivity contribution is 0.202. The Kier molecular flexibility index (Phi) is 4.59. The Hall–Kier alpha value is -1.54. The number of halogens is 2. The normalized spacial score (nSPS) is 12.1. The molecule has 0 amide bonds. The summed E-state index contributed by atoms with van der Waals surface area (Å²) in [6, 6.07) is 15.9. The van der Waals surface area contributed by atoms with Gasteiger partial charge in [0.05, 0.1) is 0 Å². The van der Waals surface area contributed by atoms with Crippen LogP contribution in [-0.4, -0.2) is 5.88 Å². The predicted octanol–water partition coefficient (Wildman–Crippen LogP) is 4.57. The van der Waals surface area contributed by atoms with Gasteiger partial charge in [-0.05, 0) is 29.8 Å². The van der Waals surface area contributed by atoms with Crippen LogP contribution in [0.1, 0.15) is 18.1 Å². The van der Waals surface area contributed by atoms with Crippen LogP contribution >= 0.6 is 11.6 Å². The van der Waals surface area contributed by atoms with Gasteiger partial charge in [-0.2, -0.15) is 0 Å². The van der Waals surface area contributed by atoms with Crippen LogP contribution < -0.4 is 4.74 Å². The monoisotopic (exact) mass is 264 g/mol. The van der Waals surface area contributed by atoms with Crippen LogP contribution in [0.5, 0.6) is 5.75 Å². The molecule has 3 heteroatoms. The van der Waals surface area contributed by atoms with Crippen LogP contribution in [0.25, 0.3) is 0 Å². The quantitative estimate of drug-likeness (QED) is 0.719. The molecular formula is C15H14ClFO. The van der Waals surface area contributed by atoms with Gasteiger partial charge in [0.25, 0.3) is 0 Å². The Bertz CT molecular complexity index is 470. The molecule has 1 atom stereocenters. The molecule has 0 aliphatic rings. The summed E-state index contributed by atoms with van der Waals surface area (Å²) in [5.74, 6) is 0.895. The first-order chi connectivity index (χ1) is 8.79. The number of benzene rings is 2. The van der Waals surface area contributed by atoms with Gasteiger partial charge in [-0.1, -0.05) is 30.3 Å². The Balaban J connectivity index is 2.14. The van der Waals surface area contributed by atoms with Crippen molar-refractivity contribution in [3.05, 3.63) is 66.0 Å². The maximum Gasteiger partial charge on any atom is 0.125 e. The number of ether oxygens (including phenoxy) is 1. The fourth-order valence-corrected chi connectivity index (χ4v) is 1.94. The molecule has 0 bridgehead atoms. The molecule has 0 saturated carbocycles. The van der Waals surface area contributed by atoms with Gasteiger partial charge in [0.15, 0.2) is 0 Å². The van der Waals surface area contributed by atoms with Gasteiger partial charge < -0.3 is 4.74 Å². The molecule has 2 rings (SSSR count). The number of rotatable bonds is 5. The zero-order valence-corrected chi connectivity index (χ0v) is 10.6. The van der Waals surface area contributed by atoms with E-state index in [0.717, 1.165) is 5.56 Å². The van der Waals surface area contributed by atoms with Crippen molar-refractivity contribution in [2.75, 3.05) is 5.88 Å². The van der Waals surface area contributed by atoms with E-state index < -0.39 is 0 Å². The molecule has 0 aliphatic carbocycles. The lowest BCUT2D eigenvalue weighted by atomic mass is 10.1. The van der Waals surface area contributed by atoms with E-state index in [9.17, 15) is 4.39 Å². The molecule has 0 saturated heterocycles. The smallest absolute Gasteiger partial charge is 0.125 e. The topological polar surface area (TPSA) is 9.23 Å². The summed E-state index contributed by atoms with van der Waals surface area (Å²) in [4.78, 5) is 0. The molecule has 0 aliphatic heterocycles. The first-order valence-corrected chi connectivity index (χ1v) is 6.36. The minimum Gasteiger partial charge on any atom is -0.486 e. The molecule has 0 spiro atoms. The van der Waals surface area contributed by atoms with Crippen LogP contribution in [0, 0.1) is 5.82 Å². The fourth-order valence-electron chi connectivity index (χ4n) is 1.74. The second-order valence-corrected chi connectivity index (χ2v) is 4.33. The summed E-state index contributed by atoms with van der Waals surface area (Å²) < 4.78 is 18.7. The Labute approximate surface area is 111 Å². The molecule has 1 nitrogen and oxygen atoms in total. The van der Waals surface area contributed by atoms with Crippen LogP contribution in [0.4, 0.5) is 4.39 Å². The van der Waals surface area contributed by atoms with Crippen molar-refractivity contribution in [3.63, 3.8) is 0 Å². The van der Waals surface area contributed by atoms with E-state index in [1.54, 1.807) is 12.1 Å². The van der Waals surface area contributed by atoms with E-state index in [1.165, 1.54) is 12.1 Å². The van der Waals surface area contributed by atoms with E-state index in [4.69, 9.17) is 16.3 Å². The molecule has 2 aromatic rings. The minimum absolute atomic E-state index is 0.103. The van der Waals surface area contributed by atoms with Crippen LogP contribution in [0.3, 0.4) is 0 Å². The summed E-state index contributed by atoms with van der Waals surface area (Å²) in [5, 5.41) is 0. The molecule has 18 heavy (non-hydrogen) atoms. The van der Waals surface area contributed by atoms with Gasteiger partial charge in [-0.3, -0.25) is 0 Å². The molecule has 94 valence electrons. The molecule has 0 aromatic heterocycles. The maximum absolute atomic E-state index is 12.8. The largest absolute Gasteiger partial charge is 0.486 e. The van der Waals surface area contributed by atoms with Crippen molar-refractivity contribution < 1.29 is 9.13 Å². The van der Waals surface area contributed by atoms with Crippen molar-refractivity contribution in [1.29, 1.82) is 0 Å². The number of alkyl halides is 1. The second-order valence-electron chi connectivity index (χ2n) is 3.95. The first kappa shape index (κ1) is 12.9. The zero-order chi connectivity index (χ0) is 12.8. The van der Waals surface area contributed by atoms with Crippen molar-refractivity contribution in [3.8, 4) is 5.75 Å². The predicted molar refractivity (Wildman–Crippen MR) is 71.5 cm³/mol. The van der Waals surface area contributed by atoms with Crippen LogP contribution in [-0.2, 0) is 0 Å². The van der Waals surface area contributed by atoms with Gasteiger partial charge in [0, 0.05) is 12.3 Å². The molecule has 0 fully saturated rings. The Morgan fingerprint density at radius 2 is 1.67 bits per heavy atom. The summed E-state index contributed by atoms with van der Waals surface area (Å²) in [6.45, 7) is 0. The third-order valence-corrected chi connectivity index (χ3v) is 2.85. The maximum atomic E-state index is 12.8. The van der Waals surface area contributed by atoms with E-state index in [2.05, 4.69) is 0 Å². The average molecular weight is 265 g/mol. The fraction of sp³-hybridized carbons (Fsp3) is 0.200. The summed E-state index contributed by atoms with van der Waals surface area (Å²) in [7, 11) is 0. The third-order valence-electron chi connectivity index (χ3n) is 2.63. The third kappa shape index (κ3) is 3.47. The molecule has 0 heterocycles. The lowest BCUT2D eigenvalue weighted by Crippen LogP contribution is -2.08. The molecule has 0 radical (unpaired) electrons. The highest BCUT2D eigenvalue weighted by Crippen LogP contribution is 2.25. The minimum atomic E-state index is -0.268. The van der Waals surface area contributed by atoms with Crippen molar-refractivity contribution in [2.24, 2.45) is 0 Å². The van der Waals surface area contributed by atoms with Gasteiger partial charge in [0.1, 0.15) is 17.7 Å². The number of hydrogen-bond donors (Lipinski definition) is 0. The van der Waals surface area contributed by atoms with Crippen molar-refractivity contribution >= 4 is 11.6 Å². The summed E-state index contributed by atoms with van der Waals surface area (Å²) in [6.07, 6.45) is 0.609. The van der Waals surface area contributed by atoms with Gasteiger partial charge in [-0.25, -0.2) is 4.39 Å². The highest BCUT2D eigenvalue weighted by molar-refractivity contribution is 6.17. The molecule has 0 N–H and O–H groups in total. The standard InChI is InChI=1S/C15H14ClFO/c16-11-10-15(12-4-2-1-3-5-12)18-14-8-6-13(17)7-9-14/h1-9,15H,10-11H2. The van der Waals surface area contributed by atoms with Gasteiger partial charge in [-0.15, -0.1) is 11.6 Å². The molecule has 1 unspecified atom stereocenters. The van der Waals surface area contributed by atoms with E-state index in [1.807, 2.05) is 30.3 Å². The van der Waals surface area contributed by atoms with Crippen molar-refractivity contribution in [2.45, 2.75) is 12.5 Å². The first-order valence-electron chi connectivity index (χ1n) is 5.83. The zero-order valence-electron chi connectivity index (χ0n) is 9.85. The van der Waals surface area contributed by atoms with E-state index in [0.29, 0.717) is 18.1 Å². The Morgan fingerprint density at radius 1 is 1.00 bits per heavy atom. The molecule has 2 aromatic carbocycles. The Morgan fingerprint density at radius 3 is 2.28 bits per heavy atom. The van der Waals surface area contributed by atoms with Crippen molar-refractivity contribution in [1.82, 2.24) is 0 Å². The van der Waals surface area contributed by atoms with Gasteiger partial charge in [0.2, 0.25) is 0 Å². The van der Waals surface area contributed by atoms with Crippen LogP contribution in [0.2, 0.25) is 0 Å². The molecular weight excluding hydrogens is 251 g/mol. The summed E-state index contributed by atoms with van der Waals surface area (Å²) >= 11 is 5.80. The van der Waals surface area contributed by atoms with E-state index in [-0.39, 0.29) is 11.9 Å². The highest BCUT2D eigenvalue weighted by Gasteiger charge is 2.12. The number of hydrogen-bond acceptors (Lipinski definition) is 1. The highest BCUT2D eigenvalue weighted by atomic mass is 35.5. The SMILES string of the molecule is Fc1ccc(OC(CCCl)c2ccccc2)cc1.